The molecule has 1 aliphatic heterocycles. The number of hydrogen-bond donors (Lipinski definition) is 5. The Hall–Kier alpha value is -6.70. The number of aliphatic carboxylic acids is 2. The molecule has 1 saturated heterocycles. The third kappa shape index (κ3) is 16.0. The van der Waals surface area contributed by atoms with Crippen LogP contribution in [0, 0.1) is 35.2 Å². The normalized spacial score (nSPS) is 26.8. The van der Waals surface area contributed by atoms with Crippen molar-refractivity contribution in [1.82, 2.24) is 5.32 Å². The van der Waals surface area contributed by atoms with Gasteiger partial charge < -0.3 is 35.8 Å². The largest absolute Gasteiger partial charge is 0.481 e. The Balaban J connectivity index is 0.000000196. The van der Waals surface area contributed by atoms with Crippen LogP contribution in [0.5, 0.6) is 0 Å². The summed E-state index contributed by atoms with van der Waals surface area (Å²) >= 11 is 0. The smallest absolute Gasteiger partial charge is 0.416 e. The van der Waals surface area contributed by atoms with Gasteiger partial charge in [-0.05, 0) is 172 Å². The van der Waals surface area contributed by atoms with Gasteiger partial charge in [-0.2, -0.15) is 52.7 Å². The van der Waals surface area contributed by atoms with Gasteiger partial charge in [0.25, 0.3) is 0 Å². The predicted octanol–water partition coefficient (Wildman–Crippen LogP) is 14.5. The number of halogens is 15. The summed E-state index contributed by atoms with van der Waals surface area (Å²) in [4.78, 5) is 35.0. The van der Waals surface area contributed by atoms with Crippen molar-refractivity contribution < 1.29 is 105 Å². The van der Waals surface area contributed by atoms with Crippen molar-refractivity contribution >= 4 is 17.8 Å². The molecule has 462 valence electrons. The van der Waals surface area contributed by atoms with Crippen LogP contribution in [0.4, 0.5) is 65.9 Å². The highest BCUT2D eigenvalue weighted by atomic mass is 19.4. The van der Waals surface area contributed by atoms with Gasteiger partial charge in [0.1, 0.15) is 17.5 Å². The molecule has 6 N–H and O–H groups in total. The van der Waals surface area contributed by atoms with E-state index in [0.717, 1.165) is 12.1 Å². The first kappa shape index (κ1) is 65.8. The zero-order chi connectivity index (χ0) is 62.9. The Labute approximate surface area is 477 Å². The van der Waals surface area contributed by atoms with Crippen molar-refractivity contribution in [3.63, 3.8) is 0 Å². The number of carboxylic acid groups (broad SMARTS) is 2. The van der Waals surface area contributed by atoms with Gasteiger partial charge in [-0.15, -0.1) is 0 Å². The number of carboxylic acids is 2. The van der Waals surface area contributed by atoms with Crippen LogP contribution in [0.15, 0.2) is 109 Å². The lowest BCUT2D eigenvalue weighted by Crippen LogP contribution is -2.43. The van der Waals surface area contributed by atoms with E-state index >= 15 is 0 Å². The number of amides is 1. The van der Waals surface area contributed by atoms with Crippen LogP contribution in [-0.2, 0) is 48.6 Å². The van der Waals surface area contributed by atoms with E-state index in [1.807, 2.05) is 0 Å². The lowest BCUT2D eigenvalue weighted by molar-refractivity contribution is -0.145. The van der Waals surface area contributed by atoms with Crippen LogP contribution in [-0.4, -0.2) is 63.1 Å². The topological polar surface area (TPSA) is 168 Å². The van der Waals surface area contributed by atoms with Crippen molar-refractivity contribution in [1.29, 1.82) is 0 Å². The number of nitrogens with two attached hydrogens (primary N) is 1. The molecular formula is C60H59F15N2O8. The van der Waals surface area contributed by atoms with E-state index in [9.17, 15) is 90.5 Å². The van der Waals surface area contributed by atoms with E-state index in [-0.39, 0.29) is 59.8 Å². The molecule has 1 amide bonds. The second kappa shape index (κ2) is 25.7. The van der Waals surface area contributed by atoms with E-state index in [2.05, 4.69) is 5.32 Å². The Bertz CT molecular complexity index is 3070. The number of rotatable bonds is 12. The van der Waals surface area contributed by atoms with Gasteiger partial charge in [0.05, 0.1) is 70.1 Å². The van der Waals surface area contributed by atoms with Gasteiger partial charge in [0.15, 0.2) is 0 Å². The molecule has 5 aromatic rings. The van der Waals surface area contributed by atoms with Gasteiger partial charge in [0, 0.05) is 23.8 Å². The maximum atomic E-state index is 13.6. The Morgan fingerprint density at radius 3 is 1.21 bits per heavy atom. The van der Waals surface area contributed by atoms with E-state index < -0.39 is 136 Å². The summed E-state index contributed by atoms with van der Waals surface area (Å²) in [6.07, 6.45) is -21.5. The van der Waals surface area contributed by atoms with Crippen LogP contribution < -0.4 is 11.1 Å². The number of hydrogen-bond acceptors (Lipinski definition) is 7. The van der Waals surface area contributed by atoms with Crippen LogP contribution >= 0.6 is 0 Å². The first-order chi connectivity index (χ1) is 39.4. The number of nitrogens with one attached hydrogen (secondary N) is 1. The van der Waals surface area contributed by atoms with Crippen molar-refractivity contribution in [2.24, 2.45) is 23.5 Å². The fraction of sp³-hybridized carbons (Fsp3) is 0.450. The second-order valence-electron chi connectivity index (χ2n) is 22.1. The van der Waals surface area contributed by atoms with Crippen LogP contribution in [0.25, 0.3) is 0 Å². The van der Waals surface area contributed by atoms with Crippen molar-refractivity contribution in [2.75, 3.05) is 0 Å². The first-order valence-corrected chi connectivity index (χ1v) is 26.8. The molecule has 0 radical (unpaired) electrons. The molecule has 4 fully saturated rings. The summed E-state index contributed by atoms with van der Waals surface area (Å²) in [6, 6.07) is 18.8. The molecule has 3 aliphatic carbocycles. The second-order valence-corrected chi connectivity index (χ2v) is 22.1. The minimum atomic E-state index is -4.99. The highest BCUT2D eigenvalue weighted by molar-refractivity contribution is 5.88. The Morgan fingerprint density at radius 1 is 0.529 bits per heavy atom. The van der Waals surface area contributed by atoms with Gasteiger partial charge in [-0.1, -0.05) is 36.4 Å². The van der Waals surface area contributed by atoms with E-state index in [1.54, 1.807) is 31.2 Å². The first-order valence-electron chi connectivity index (χ1n) is 26.8. The molecule has 10 nitrogen and oxygen atoms in total. The molecule has 3 unspecified atom stereocenters. The molecule has 3 saturated carbocycles. The Morgan fingerprint density at radius 2 is 0.859 bits per heavy atom. The van der Waals surface area contributed by atoms with E-state index in [4.69, 9.17) is 20.3 Å². The van der Waals surface area contributed by atoms with E-state index in [0.29, 0.717) is 73.1 Å². The molecule has 0 bridgehead atoms. The fourth-order valence-corrected chi connectivity index (χ4v) is 12.0. The van der Waals surface area contributed by atoms with Gasteiger partial charge in [-0.25, -0.2) is 13.2 Å². The molecule has 9 rings (SSSR count). The number of carbonyl (C=O) groups is 3. The summed E-state index contributed by atoms with van der Waals surface area (Å²) in [7, 11) is 0. The molecule has 0 aromatic heterocycles. The minimum absolute atomic E-state index is 0.0353. The SMILES string of the molecule is C[C@@H](OC1CC[C@@H](C(=O)O)[C@@H]1c1ccc(F)cc1)c1cc(C(F)(F)F)cc(C(F)(F)F)c1.C[C@@H](OC1CC[C@@H]([C@H]2C[C@@](C)(N)C(=O)N2)[C@@H]1c1ccc(F)cc1)c1cc(C(F)(F)F)cc(C(F)(F)F)c1.O=C(O)[C@@H]1CCC(O)[C@H]1c1ccc(F)cc1. The van der Waals surface area contributed by atoms with Crippen LogP contribution in [0.3, 0.4) is 0 Å². The summed E-state index contributed by atoms with van der Waals surface area (Å²) in [5, 5.41) is 31.3. The zero-order valence-corrected chi connectivity index (χ0v) is 45.4. The third-order valence-corrected chi connectivity index (χ3v) is 16.2. The number of ether oxygens (including phenoxy) is 2. The van der Waals surface area contributed by atoms with Crippen LogP contribution in [0.1, 0.15) is 146 Å². The van der Waals surface area contributed by atoms with Gasteiger partial charge in [0.2, 0.25) is 5.91 Å². The molecule has 25 heteroatoms. The number of carbonyl (C=O) groups excluding carboxylic acids is 1. The van der Waals surface area contributed by atoms with Crippen molar-refractivity contribution in [3.8, 4) is 0 Å². The molecule has 1 heterocycles. The average molecular weight is 1220 g/mol. The lowest BCUT2D eigenvalue weighted by atomic mass is 9.81. The minimum Gasteiger partial charge on any atom is -0.481 e. The molecule has 0 spiro atoms. The predicted molar refractivity (Wildman–Crippen MR) is 275 cm³/mol. The summed E-state index contributed by atoms with van der Waals surface area (Å²) in [5.74, 6) is -6.85. The van der Waals surface area contributed by atoms with Gasteiger partial charge in [-0.3, -0.25) is 14.4 Å². The molecule has 85 heavy (non-hydrogen) atoms. The van der Waals surface area contributed by atoms with Crippen molar-refractivity contribution in [2.45, 2.75) is 150 Å². The number of aliphatic hydroxyl groups is 1. The van der Waals surface area contributed by atoms with Gasteiger partial charge >= 0.3 is 36.6 Å². The monoisotopic (exact) mass is 1220 g/mol. The summed E-state index contributed by atoms with van der Waals surface area (Å²) < 4.78 is 211. The number of benzene rings is 5. The molecule has 5 aromatic carbocycles. The molecule has 4 aliphatic rings. The number of alkyl halides is 12. The van der Waals surface area contributed by atoms with Crippen LogP contribution in [0.2, 0.25) is 0 Å². The summed E-state index contributed by atoms with van der Waals surface area (Å²) in [6.45, 7) is 4.33. The number of aliphatic hydroxyl groups excluding tert-OH is 1. The third-order valence-electron chi connectivity index (χ3n) is 16.2. The highest BCUT2D eigenvalue weighted by Gasteiger charge is 2.50. The average Bonchev–Trinajstić information content (AvgIpc) is 4.37. The molecule has 13 atom stereocenters. The maximum Gasteiger partial charge on any atom is 0.416 e. The summed E-state index contributed by atoms with van der Waals surface area (Å²) in [5.41, 5.74) is 0.552. The standard InChI is InChI=1S/C26H27F7N2O2.C22H19F7O3.C12H13FO3/c1-13(15-9-16(25(28,29)30)11-17(10-15)26(31,32)33)37-21-8-7-19(20-12-24(2,34)23(36)35-20)22(21)14-3-5-18(27)6-4-14;1-11(13-8-14(21(24,25)26)10-15(9-13)22(27,28)29)32-18-7-6-17(20(30)31)19(18)12-2-4-16(23)5-3-12;13-8-3-1-7(2-4-8)11-9(12(15)16)5-6-10(11)14/h3-6,9-11,13,19-22H,7-8,12,34H2,1-2H3,(H,35,36);2-5,8-11,17-19H,6-7H2,1H3,(H,30,31);1-4,9-11,14H,5-6H2,(H,15,16)/t13-,19+,20-,21?,22+,24-;11-,17-,18?,19+;9-,10?,11+/m111/s1. The highest BCUT2D eigenvalue weighted by Crippen LogP contribution is 2.49. The Kier molecular flexibility index (Phi) is 19.9. The van der Waals surface area contributed by atoms with E-state index in [1.165, 1.54) is 50.2 Å². The quantitative estimate of drug-likeness (QED) is 0.0764. The fourth-order valence-electron chi connectivity index (χ4n) is 12.0. The lowest BCUT2D eigenvalue weighted by Gasteiger charge is -2.31. The zero-order valence-electron chi connectivity index (χ0n) is 45.4. The van der Waals surface area contributed by atoms with Crippen molar-refractivity contribution in [3.05, 3.63) is 177 Å². The molecular weight excluding hydrogens is 1160 g/mol. The maximum absolute atomic E-state index is 13.6.